The molecule has 0 radical (unpaired) electrons. The Kier molecular flexibility index (Phi) is 5.69. The highest BCUT2D eigenvalue weighted by atomic mass is 32.1. The van der Waals surface area contributed by atoms with Gasteiger partial charge in [0.1, 0.15) is 0 Å². The predicted octanol–water partition coefficient (Wildman–Crippen LogP) is 3.88. The number of carbonyl (C=O) groups excluding carboxylic acids is 1. The van der Waals surface area contributed by atoms with E-state index in [1.165, 1.54) is 10.4 Å². The Morgan fingerprint density at radius 2 is 2.06 bits per heavy atom. The second kappa shape index (κ2) is 6.80. The molecular formula is C14H23NOS. The molecule has 0 aliphatic heterocycles. The highest BCUT2D eigenvalue weighted by Crippen LogP contribution is 2.23. The molecule has 1 aromatic rings. The van der Waals surface area contributed by atoms with Gasteiger partial charge < -0.3 is 4.90 Å². The Morgan fingerprint density at radius 3 is 2.53 bits per heavy atom. The van der Waals surface area contributed by atoms with Crippen molar-refractivity contribution in [2.24, 2.45) is 0 Å². The number of hydrogen-bond acceptors (Lipinski definition) is 2. The number of thiophene rings is 1. The Balaban J connectivity index is 2.78. The van der Waals surface area contributed by atoms with Crippen molar-refractivity contribution in [1.29, 1.82) is 0 Å². The summed E-state index contributed by atoms with van der Waals surface area (Å²) in [4.78, 5) is 16.4. The Bertz CT molecular complexity index is 370. The molecule has 0 aliphatic rings. The van der Waals surface area contributed by atoms with Crippen LogP contribution in [0.3, 0.4) is 0 Å². The summed E-state index contributed by atoms with van der Waals surface area (Å²) >= 11 is 1.63. The highest BCUT2D eigenvalue weighted by molar-refractivity contribution is 7.14. The van der Waals surface area contributed by atoms with E-state index in [9.17, 15) is 4.79 Å². The molecule has 0 saturated carbocycles. The van der Waals surface area contributed by atoms with Crippen LogP contribution in [0, 0.1) is 6.92 Å². The van der Waals surface area contributed by atoms with E-state index in [1.807, 2.05) is 4.90 Å². The van der Waals surface area contributed by atoms with Crippen LogP contribution in [-0.2, 0) is 6.42 Å². The van der Waals surface area contributed by atoms with E-state index < -0.39 is 0 Å². The lowest BCUT2D eigenvalue weighted by Gasteiger charge is -2.19. The molecule has 3 heteroatoms. The summed E-state index contributed by atoms with van der Waals surface area (Å²) in [7, 11) is 0. The minimum atomic E-state index is 0.203. The van der Waals surface area contributed by atoms with Crippen LogP contribution < -0.4 is 0 Å². The van der Waals surface area contributed by atoms with Gasteiger partial charge in [-0.25, -0.2) is 0 Å². The third-order valence-corrected chi connectivity index (χ3v) is 4.14. The topological polar surface area (TPSA) is 20.3 Å². The maximum absolute atomic E-state index is 12.3. The van der Waals surface area contributed by atoms with Crippen LogP contribution >= 0.6 is 11.3 Å². The number of aryl methyl sites for hydroxylation is 2. The minimum Gasteiger partial charge on any atom is -0.338 e. The van der Waals surface area contributed by atoms with E-state index in [0.717, 1.165) is 37.2 Å². The number of carbonyl (C=O) groups is 1. The molecule has 0 atom stereocenters. The van der Waals surface area contributed by atoms with Crippen LogP contribution in [0.25, 0.3) is 0 Å². The van der Waals surface area contributed by atoms with Gasteiger partial charge in [0.25, 0.3) is 5.91 Å². The summed E-state index contributed by atoms with van der Waals surface area (Å²) in [5.74, 6) is 0.203. The lowest BCUT2D eigenvalue weighted by Crippen LogP contribution is -2.31. The number of amides is 1. The standard InChI is InChI=1S/C14H23NOS/c1-5-8-9-15(7-3)14(16)13-10-12(6-2)11(4)17-13/h10H,5-9H2,1-4H3. The third-order valence-electron chi connectivity index (χ3n) is 3.06. The van der Waals surface area contributed by atoms with E-state index in [-0.39, 0.29) is 5.91 Å². The van der Waals surface area contributed by atoms with Crippen molar-refractivity contribution >= 4 is 17.2 Å². The van der Waals surface area contributed by atoms with Crippen LogP contribution in [0.1, 0.15) is 53.7 Å². The Labute approximate surface area is 109 Å². The van der Waals surface area contributed by atoms with Gasteiger partial charge in [0, 0.05) is 18.0 Å². The van der Waals surface area contributed by atoms with Crippen LogP contribution in [0.5, 0.6) is 0 Å². The van der Waals surface area contributed by atoms with Gasteiger partial charge in [-0.05, 0) is 38.3 Å². The van der Waals surface area contributed by atoms with Gasteiger partial charge >= 0.3 is 0 Å². The smallest absolute Gasteiger partial charge is 0.263 e. The summed E-state index contributed by atoms with van der Waals surface area (Å²) in [6.07, 6.45) is 3.23. The van der Waals surface area contributed by atoms with Gasteiger partial charge in [-0.1, -0.05) is 20.3 Å². The van der Waals surface area contributed by atoms with Gasteiger partial charge in [0.2, 0.25) is 0 Å². The first-order valence-electron chi connectivity index (χ1n) is 6.52. The molecule has 1 heterocycles. The SMILES string of the molecule is CCCCN(CC)C(=O)c1cc(CC)c(C)s1. The number of hydrogen-bond donors (Lipinski definition) is 0. The maximum Gasteiger partial charge on any atom is 0.263 e. The average molecular weight is 253 g/mol. The maximum atomic E-state index is 12.3. The summed E-state index contributed by atoms with van der Waals surface area (Å²) < 4.78 is 0. The zero-order valence-corrected chi connectivity index (χ0v) is 12.2. The average Bonchev–Trinajstić information content (AvgIpc) is 2.71. The van der Waals surface area contributed by atoms with Crippen LogP contribution in [0.15, 0.2) is 6.07 Å². The largest absolute Gasteiger partial charge is 0.338 e. The van der Waals surface area contributed by atoms with Gasteiger partial charge in [-0.15, -0.1) is 11.3 Å². The number of rotatable bonds is 6. The molecule has 0 spiro atoms. The fraction of sp³-hybridized carbons (Fsp3) is 0.643. The third kappa shape index (κ3) is 3.56. The predicted molar refractivity (Wildman–Crippen MR) is 74.9 cm³/mol. The van der Waals surface area contributed by atoms with Crippen molar-refractivity contribution < 1.29 is 4.79 Å². The van der Waals surface area contributed by atoms with E-state index in [4.69, 9.17) is 0 Å². The molecule has 0 unspecified atom stereocenters. The van der Waals surface area contributed by atoms with E-state index in [0.29, 0.717) is 0 Å². The van der Waals surface area contributed by atoms with Crippen LogP contribution in [0.4, 0.5) is 0 Å². The molecule has 2 nitrogen and oxygen atoms in total. The van der Waals surface area contributed by atoms with Crippen LogP contribution in [-0.4, -0.2) is 23.9 Å². The van der Waals surface area contributed by atoms with Crippen molar-refractivity contribution in [3.63, 3.8) is 0 Å². The van der Waals surface area contributed by atoms with Crippen LogP contribution in [0.2, 0.25) is 0 Å². The lowest BCUT2D eigenvalue weighted by atomic mass is 10.2. The second-order valence-electron chi connectivity index (χ2n) is 4.28. The van der Waals surface area contributed by atoms with Crippen molar-refractivity contribution in [1.82, 2.24) is 4.90 Å². The number of nitrogens with zero attached hydrogens (tertiary/aromatic N) is 1. The first-order valence-corrected chi connectivity index (χ1v) is 7.34. The van der Waals surface area contributed by atoms with E-state index in [2.05, 4.69) is 33.8 Å². The summed E-state index contributed by atoms with van der Waals surface area (Å²) in [5, 5.41) is 0. The van der Waals surface area contributed by atoms with E-state index in [1.54, 1.807) is 11.3 Å². The molecule has 0 aromatic carbocycles. The van der Waals surface area contributed by atoms with Gasteiger partial charge in [-0.2, -0.15) is 0 Å². The summed E-state index contributed by atoms with van der Waals surface area (Å²) in [5.41, 5.74) is 1.31. The van der Waals surface area contributed by atoms with Crippen molar-refractivity contribution in [2.45, 2.75) is 47.0 Å². The summed E-state index contributed by atoms with van der Waals surface area (Å²) in [6.45, 7) is 10.1. The normalized spacial score (nSPS) is 10.6. The molecule has 0 N–H and O–H groups in total. The molecule has 17 heavy (non-hydrogen) atoms. The molecule has 0 aliphatic carbocycles. The van der Waals surface area contributed by atoms with Crippen molar-refractivity contribution in [3.05, 3.63) is 21.4 Å². The Morgan fingerprint density at radius 1 is 1.35 bits per heavy atom. The Hall–Kier alpha value is -0.830. The van der Waals surface area contributed by atoms with Crippen molar-refractivity contribution in [2.75, 3.05) is 13.1 Å². The molecule has 1 rings (SSSR count). The zero-order valence-electron chi connectivity index (χ0n) is 11.4. The first kappa shape index (κ1) is 14.2. The minimum absolute atomic E-state index is 0.203. The lowest BCUT2D eigenvalue weighted by molar-refractivity contribution is 0.0767. The van der Waals surface area contributed by atoms with Gasteiger partial charge in [-0.3, -0.25) is 4.79 Å². The quantitative estimate of drug-likeness (QED) is 0.753. The molecule has 1 aromatic heterocycles. The molecule has 96 valence electrons. The monoisotopic (exact) mass is 253 g/mol. The molecular weight excluding hydrogens is 230 g/mol. The first-order chi connectivity index (χ1) is 8.13. The molecule has 0 saturated heterocycles. The van der Waals surface area contributed by atoms with Crippen molar-refractivity contribution in [3.8, 4) is 0 Å². The second-order valence-corrected chi connectivity index (χ2v) is 5.54. The number of unbranched alkanes of at least 4 members (excludes halogenated alkanes) is 1. The molecule has 0 bridgehead atoms. The summed E-state index contributed by atoms with van der Waals surface area (Å²) in [6, 6.07) is 2.07. The highest BCUT2D eigenvalue weighted by Gasteiger charge is 2.16. The molecule has 0 fully saturated rings. The molecule has 1 amide bonds. The van der Waals surface area contributed by atoms with Gasteiger partial charge in [0.15, 0.2) is 0 Å². The fourth-order valence-electron chi connectivity index (χ4n) is 1.88. The van der Waals surface area contributed by atoms with Gasteiger partial charge in [0.05, 0.1) is 4.88 Å². The fourth-order valence-corrected chi connectivity index (χ4v) is 2.97. The van der Waals surface area contributed by atoms with E-state index >= 15 is 0 Å². The zero-order chi connectivity index (χ0) is 12.8.